The molecule has 1 aromatic carbocycles. The van der Waals surface area contributed by atoms with E-state index in [1.54, 1.807) is 36.4 Å². The fraction of sp³-hybridized carbons (Fsp3) is 0.333. The molecule has 7 nitrogen and oxygen atoms in total. The maximum Gasteiger partial charge on any atom is 0.305 e. The minimum Gasteiger partial charge on any atom is -0.484 e. The molecule has 0 aliphatic carbocycles. The van der Waals surface area contributed by atoms with Crippen LogP contribution >= 0.6 is 11.6 Å². The molecule has 0 saturated heterocycles. The van der Waals surface area contributed by atoms with Crippen molar-refractivity contribution in [1.82, 2.24) is 15.8 Å². The molecule has 0 spiro atoms. The predicted molar refractivity (Wildman–Crippen MR) is 97.9 cm³/mol. The summed E-state index contributed by atoms with van der Waals surface area (Å²) in [7, 11) is 0. The fourth-order valence-electron chi connectivity index (χ4n) is 2.16. The molecule has 140 valence electrons. The number of carbonyl (C=O) groups excluding carboxylic acids is 2. The van der Waals surface area contributed by atoms with Crippen LogP contribution < -0.4 is 15.6 Å². The van der Waals surface area contributed by atoms with E-state index in [0.29, 0.717) is 23.1 Å². The van der Waals surface area contributed by atoms with Gasteiger partial charge in [-0.15, -0.1) is 0 Å². The van der Waals surface area contributed by atoms with E-state index in [1.807, 2.05) is 0 Å². The third kappa shape index (κ3) is 6.09. The van der Waals surface area contributed by atoms with Crippen LogP contribution in [-0.2, 0) is 11.3 Å². The first-order valence-corrected chi connectivity index (χ1v) is 8.68. The van der Waals surface area contributed by atoms with E-state index in [4.69, 9.17) is 20.8 Å². The van der Waals surface area contributed by atoms with E-state index >= 15 is 0 Å². The lowest BCUT2D eigenvalue weighted by Gasteiger charge is -2.15. The van der Waals surface area contributed by atoms with E-state index in [0.717, 1.165) is 13.1 Å². The van der Waals surface area contributed by atoms with Crippen molar-refractivity contribution in [3.8, 4) is 5.75 Å². The second kappa shape index (κ2) is 9.84. The Bertz CT molecular complexity index is 726. The topological polar surface area (TPSA) is 83.8 Å². The number of halogens is 1. The molecule has 26 heavy (non-hydrogen) atoms. The normalized spacial score (nSPS) is 10.6. The number of nitrogens with one attached hydrogen (secondary N) is 2. The van der Waals surface area contributed by atoms with Gasteiger partial charge in [-0.1, -0.05) is 25.4 Å². The summed E-state index contributed by atoms with van der Waals surface area (Å²) in [6.45, 7) is 6.28. The van der Waals surface area contributed by atoms with E-state index in [2.05, 4.69) is 29.6 Å². The molecule has 2 amide bonds. The number of amides is 2. The number of rotatable bonds is 8. The molecular weight excluding hydrogens is 358 g/mol. The minimum atomic E-state index is -0.532. The van der Waals surface area contributed by atoms with Gasteiger partial charge in [-0.2, -0.15) is 0 Å². The lowest BCUT2D eigenvalue weighted by atomic mass is 10.3. The van der Waals surface area contributed by atoms with E-state index in [1.165, 1.54) is 0 Å². The molecule has 8 heteroatoms. The quantitative estimate of drug-likeness (QED) is 0.689. The van der Waals surface area contributed by atoms with Gasteiger partial charge in [0.2, 0.25) is 0 Å². The highest BCUT2D eigenvalue weighted by Crippen LogP contribution is 2.15. The highest BCUT2D eigenvalue weighted by Gasteiger charge is 2.13. The van der Waals surface area contributed by atoms with Crippen LogP contribution in [0.5, 0.6) is 5.75 Å². The lowest BCUT2D eigenvalue weighted by molar-refractivity contribution is -0.123. The molecule has 1 heterocycles. The number of hydrazine groups is 1. The van der Waals surface area contributed by atoms with Crippen LogP contribution in [-0.4, -0.2) is 36.4 Å². The Balaban J connectivity index is 1.76. The van der Waals surface area contributed by atoms with Gasteiger partial charge in [-0.05, 0) is 49.5 Å². The Morgan fingerprint density at radius 2 is 1.77 bits per heavy atom. The number of hydrogen-bond donors (Lipinski definition) is 2. The van der Waals surface area contributed by atoms with Crippen molar-refractivity contribution in [2.24, 2.45) is 0 Å². The van der Waals surface area contributed by atoms with Crippen LogP contribution in [0.1, 0.15) is 30.2 Å². The smallest absolute Gasteiger partial charge is 0.305 e. The summed E-state index contributed by atoms with van der Waals surface area (Å²) in [5, 5.41) is 0.577. The van der Waals surface area contributed by atoms with Gasteiger partial charge in [0.05, 0.1) is 6.54 Å². The molecule has 0 saturated carbocycles. The van der Waals surface area contributed by atoms with Gasteiger partial charge in [-0.3, -0.25) is 25.3 Å². The van der Waals surface area contributed by atoms with Crippen molar-refractivity contribution >= 4 is 23.4 Å². The minimum absolute atomic E-state index is 0.131. The maximum atomic E-state index is 12.0. The maximum absolute atomic E-state index is 12.0. The van der Waals surface area contributed by atoms with Crippen LogP contribution in [0.25, 0.3) is 0 Å². The SMILES string of the molecule is CCN(CC)Cc1ccc(C(=O)NNC(=O)COc2ccc(Cl)cc2)o1. The van der Waals surface area contributed by atoms with Crippen LogP contribution in [0.2, 0.25) is 5.02 Å². The Labute approximate surface area is 157 Å². The summed E-state index contributed by atoms with van der Waals surface area (Å²) in [6, 6.07) is 9.93. The van der Waals surface area contributed by atoms with Gasteiger partial charge in [0.25, 0.3) is 5.91 Å². The second-order valence-electron chi connectivity index (χ2n) is 5.47. The highest BCUT2D eigenvalue weighted by atomic mass is 35.5. The third-order valence-electron chi connectivity index (χ3n) is 3.66. The van der Waals surface area contributed by atoms with E-state index in [9.17, 15) is 9.59 Å². The van der Waals surface area contributed by atoms with Crippen LogP contribution in [0.4, 0.5) is 0 Å². The van der Waals surface area contributed by atoms with Crippen molar-refractivity contribution in [3.05, 3.63) is 52.9 Å². The van der Waals surface area contributed by atoms with Gasteiger partial charge < -0.3 is 9.15 Å². The zero-order valence-electron chi connectivity index (χ0n) is 14.8. The molecule has 0 aliphatic rings. The number of nitrogens with zero attached hydrogens (tertiary/aromatic N) is 1. The van der Waals surface area contributed by atoms with E-state index in [-0.39, 0.29) is 12.4 Å². The van der Waals surface area contributed by atoms with Crippen molar-refractivity contribution in [2.75, 3.05) is 19.7 Å². The number of ether oxygens (including phenoxy) is 1. The van der Waals surface area contributed by atoms with E-state index < -0.39 is 11.8 Å². The van der Waals surface area contributed by atoms with Gasteiger partial charge in [0, 0.05) is 5.02 Å². The first kappa shape index (κ1) is 19.8. The summed E-state index contributed by atoms with van der Waals surface area (Å²) in [6.07, 6.45) is 0. The first-order chi connectivity index (χ1) is 12.5. The molecule has 0 atom stereocenters. The van der Waals surface area contributed by atoms with Crippen molar-refractivity contribution < 1.29 is 18.7 Å². The van der Waals surface area contributed by atoms with Gasteiger partial charge in [-0.25, -0.2) is 0 Å². The average Bonchev–Trinajstić information content (AvgIpc) is 3.12. The van der Waals surface area contributed by atoms with Gasteiger partial charge >= 0.3 is 5.91 Å². The molecule has 0 fully saturated rings. The molecule has 2 aromatic rings. The first-order valence-electron chi connectivity index (χ1n) is 8.30. The summed E-state index contributed by atoms with van der Waals surface area (Å²) in [4.78, 5) is 25.9. The summed E-state index contributed by atoms with van der Waals surface area (Å²) < 4.78 is 10.8. The average molecular weight is 380 g/mol. The number of hydrogen-bond acceptors (Lipinski definition) is 5. The summed E-state index contributed by atoms with van der Waals surface area (Å²) >= 11 is 5.77. The van der Waals surface area contributed by atoms with Crippen LogP contribution in [0.15, 0.2) is 40.8 Å². The summed E-state index contributed by atoms with van der Waals surface area (Å²) in [5.74, 6) is 0.295. The Morgan fingerprint density at radius 3 is 2.42 bits per heavy atom. The molecule has 2 N–H and O–H groups in total. The predicted octanol–water partition coefficient (Wildman–Crippen LogP) is 2.61. The Hall–Kier alpha value is -2.51. The largest absolute Gasteiger partial charge is 0.484 e. The monoisotopic (exact) mass is 379 g/mol. The molecule has 0 aliphatic heterocycles. The fourth-order valence-corrected chi connectivity index (χ4v) is 2.28. The zero-order chi connectivity index (χ0) is 18.9. The molecular formula is C18H22ClN3O4. The van der Waals surface area contributed by atoms with Crippen LogP contribution in [0.3, 0.4) is 0 Å². The molecule has 1 aromatic heterocycles. The van der Waals surface area contributed by atoms with Gasteiger partial charge in [0.1, 0.15) is 11.5 Å². The zero-order valence-corrected chi connectivity index (χ0v) is 15.5. The van der Waals surface area contributed by atoms with Gasteiger partial charge in [0.15, 0.2) is 12.4 Å². The summed E-state index contributed by atoms with van der Waals surface area (Å²) in [5.41, 5.74) is 4.57. The Morgan fingerprint density at radius 1 is 1.08 bits per heavy atom. The standard InChI is InChI=1S/C18H22ClN3O4/c1-3-22(4-2)11-15-9-10-16(26-15)18(24)21-20-17(23)12-25-14-7-5-13(19)6-8-14/h5-10H,3-4,11-12H2,1-2H3,(H,20,23)(H,21,24). The highest BCUT2D eigenvalue weighted by molar-refractivity contribution is 6.30. The lowest BCUT2D eigenvalue weighted by Crippen LogP contribution is -2.43. The molecule has 2 rings (SSSR count). The Kier molecular flexibility index (Phi) is 7.50. The number of furan rings is 1. The second-order valence-corrected chi connectivity index (χ2v) is 5.91. The number of benzene rings is 1. The molecule has 0 radical (unpaired) electrons. The molecule has 0 bridgehead atoms. The van der Waals surface area contributed by atoms with Crippen molar-refractivity contribution in [1.29, 1.82) is 0 Å². The van der Waals surface area contributed by atoms with Crippen molar-refractivity contribution in [3.63, 3.8) is 0 Å². The van der Waals surface area contributed by atoms with Crippen molar-refractivity contribution in [2.45, 2.75) is 20.4 Å². The third-order valence-corrected chi connectivity index (χ3v) is 3.91. The van der Waals surface area contributed by atoms with Crippen LogP contribution in [0, 0.1) is 0 Å². The number of carbonyl (C=O) groups is 2. The molecule has 0 unspecified atom stereocenters.